The Kier molecular flexibility index (Phi) is 5.25. The Morgan fingerprint density at radius 3 is 2.50 bits per heavy atom. The van der Waals surface area contributed by atoms with Gasteiger partial charge in [0.1, 0.15) is 0 Å². The van der Waals surface area contributed by atoms with Crippen molar-refractivity contribution in [1.29, 1.82) is 0 Å². The van der Waals surface area contributed by atoms with E-state index in [1.165, 1.54) is 11.3 Å². The van der Waals surface area contributed by atoms with Crippen LogP contribution in [0.25, 0.3) is 0 Å². The van der Waals surface area contributed by atoms with E-state index in [2.05, 4.69) is 12.2 Å². The molecule has 22 heavy (non-hydrogen) atoms. The van der Waals surface area contributed by atoms with Gasteiger partial charge in [-0.2, -0.15) is 13.2 Å². The molecule has 1 aliphatic heterocycles. The molecule has 2 amide bonds. The van der Waals surface area contributed by atoms with E-state index in [4.69, 9.17) is 0 Å². The van der Waals surface area contributed by atoms with Gasteiger partial charge in [-0.15, -0.1) is 0 Å². The molecule has 2 unspecified atom stereocenters. The van der Waals surface area contributed by atoms with Gasteiger partial charge in [-0.05, 0) is 18.8 Å². The third-order valence-electron chi connectivity index (χ3n) is 5.09. The van der Waals surface area contributed by atoms with E-state index in [1.54, 1.807) is 0 Å². The minimum atomic E-state index is -4.63. The number of urea groups is 1. The van der Waals surface area contributed by atoms with Gasteiger partial charge in [-0.25, -0.2) is 4.79 Å². The molecule has 1 heterocycles. The molecule has 2 aliphatic rings. The van der Waals surface area contributed by atoms with E-state index in [1.807, 2.05) is 0 Å². The smallest absolute Gasteiger partial charge is 0.380 e. The summed E-state index contributed by atoms with van der Waals surface area (Å²) < 4.78 is 38.2. The quantitative estimate of drug-likeness (QED) is 0.821. The number of rotatable bonds is 2. The molecule has 1 aliphatic carbocycles. The van der Waals surface area contributed by atoms with Crippen LogP contribution in [0.15, 0.2) is 0 Å². The molecule has 0 bridgehead atoms. The molecular weight excluding hydrogens is 297 g/mol. The first-order chi connectivity index (χ1) is 10.2. The highest BCUT2D eigenvalue weighted by Crippen LogP contribution is 2.38. The van der Waals surface area contributed by atoms with Crippen LogP contribution in [0.1, 0.15) is 51.9 Å². The number of amides is 2. The summed E-state index contributed by atoms with van der Waals surface area (Å²) in [5.41, 5.74) is -2.65. The first-order valence-corrected chi connectivity index (χ1v) is 8.09. The predicted molar refractivity (Wildman–Crippen MR) is 76.4 cm³/mol. The number of nitrogens with one attached hydrogen (secondary N) is 1. The van der Waals surface area contributed by atoms with Gasteiger partial charge in [-0.1, -0.05) is 26.2 Å². The monoisotopic (exact) mass is 322 g/mol. The fourth-order valence-corrected chi connectivity index (χ4v) is 3.42. The first-order valence-electron chi connectivity index (χ1n) is 8.09. The van der Waals surface area contributed by atoms with E-state index in [0.717, 1.165) is 25.7 Å². The fourth-order valence-electron chi connectivity index (χ4n) is 3.42. The molecule has 7 heteroatoms. The number of nitrogens with zero attached hydrogens (tertiary/aromatic N) is 1. The molecule has 0 radical (unpaired) electrons. The second-order valence-corrected chi connectivity index (χ2v) is 6.60. The minimum absolute atomic E-state index is 0.0637. The fraction of sp³-hybridized carbons (Fsp3) is 0.933. The zero-order valence-electron chi connectivity index (χ0n) is 13.0. The molecule has 1 saturated heterocycles. The van der Waals surface area contributed by atoms with Crippen LogP contribution in [0.4, 0.5) is 18.0 Å². The summed E-state index contributed by atoms with van der Waals surface area (Å²) in [6.45, 7) is 2.01. The van der Waals surface area contributed by atoms with Crippen LogP contribution in [0.3, 0.4) is 0 Å². The zero-order valence-corrected chi connectivity index (χ0v) is 13.0. The standard InChI is InChI=1S/C15H25F3N2O2/c1-2-11-4-3-5-12(10-11)19-13(21)20-8-6-14(22,7-9-20)15(16,17)18/h11-12,22H,2-10H2,1H3,(H,19,21). The maximum atomic E-state index is 12.7. The highest BCUT2D eigenvalue weighted by Gasteiger charge is 2.54. The molecule has 0 aromatic heterocycles. The van der Waals surface area contributed by atoms with Crippen LogP contribution < -0.4 is 5.32 Å². The van der Waals surface area contributed by atoms with Crippen LogP contribution in [-0.2, 0) is 0 Å². The number of likely N-dealkylation sites (tertiary alicyclic amines) is 1. The van der Waals surface area contributed by atoms with Gasteiger partial charge in [0.25, 0.3) is 0 Å². The molecule has 1 saturated carbocycles. The van der Waals surface area contributed by atoms with Crippen molar-refractivity contribution in [3.05, 3.63) is 0 Å². The molecule has 0 aromatic rings. The second kappa shape index (κ2) is 6.64. The SMILES string of the molecule is CCC1CCCC(NC(=O)N2CCC(O)(C(F)(F)F)CC2)C1. The zero-order chi connectivity index (χ0) is 16.4. The predicted octanol–water partition coefficient (Wildman–Crippen LogP) is 3.05. The van der Waals surface area contributed by atoms with Crippen molar-refractivity contribution in [2.45, 2.75) is 69.7 Å². The average molecular weight is 322 g/mol. The summed E-state index contributed by atoms with van der Waals surface area (Å²) >= 11 is 0. The lowest BCUT2D eigenvalue weighted by molar-refractivity contribution is -0.271. The van der Waals surface area contributed by atoms with Gasteiger partial charge >= 0.3 is 12.2 Å². The Labute approximate surface area is 129 Å². The Hall–Kier alpha value is -0.980. The maximum Gasteiger partial charge on any atom is 0.417 e. The van der Waals surface area contributed by atoms with E-state index in [-0.39, 0.29) is 25.2 Å². The summed E-state index contributed by atoms with van der Waals surface area (Å²) in [4.78, 5) is 13.6. The number of carbonyl (C=O) groups is 1. The van der Waals surface area contributed by atoms with Crippen molar-refractivity contribution in [2.75, 3.05) is 13.1 Å². The minimum Gasteiger partial charge on any atom is -0.380 e. The lowest BCUT2D eigenvalue weighted by atomic mass is 9.84. The molecule has 2 rings (SSSR count). The molecular formula is C15H25F3N2O2. The summed E-state index contributed by atoms with van der Waals surface area (Å²) in [6, 6.07) is -0.180. The van der Waals surface area contributed by atoms with E-state index in [9.17, 15) is 23.1 Å². The van der Waals surface area contributed by atoms with Crippen molar-refractivity contribution in [3.63, 3.8) is 0 Å². The van der Waals surface area contributed by atoms with Crippen molar-refractivity contribution >= 4 is 6.03 Å². The Balaban J connectivity index is 1.83. The topological polar surface area (TPSA) is 52.6 Å². The largest absolute Gasteiger partial charge is 0.417 e. The van der Waals surface area contributed by atoms with Crippen LogP contribution in [-0.4, -0.2) is 46.9 Å². The highest BCUT2D eigenvalue weighted by molar-refractivity contribution is 5.74. The van der Waals surface area contributed by atoms with Crippen molar-refractivity contribution in [1.82, 2.24) is 10.2 Å². The third kappa shape index (κ3) is 3.86. The Morgan fingerprint density at radius 1 is 1.32 bits per heavy atom. The van der Waals surface area contributed by atoms with E-state index < -0.39 is 24.6 Å². The number of hydrogen-bond acceptors (Lipinski definition) is 2. The molecule has 0 aromatic carbocycles. The molecule has 2 atom stereocenters. The van der Waals surface area contributed by atoms with Crippen molar-refractivity contribution in [2.24, 2.45) is 5.92 Å². The second-order valence-electron chi connectivity index (χ2n) is 6.60. The normalized spacial score (nSPS) is 29.2. The van der Waals surface area contributed by atoms with E-state index >= 15 is 0 Å². The van der Waals surface area contributed by atoms with Gasteiger partial charge in [0.15, 0.2) is 5.60 Å². The van der Waals surface area contributed by atoms with Gasteiger partial charge in [0, 0.05) is 32.0 Å². The summed E-state index contributed by atoms with van der Waals surface area (Å²) in [7, 11) is 0. The maximum absolute atomic E-state index is 12.7. The van der Waals surface area contributed by atoms with Crippen LogP contribution in [0.5, 0.6) is 0 Å². The van der Waals surface area contributed by atoms with Crippen molar-refractivity contribution < 1.29 is 23.1 Å². The lowest BCUT2D eigenvalue weighted by Crippen LogP contribution is -2.56. The average Bonchev–Trinajstić information content (AvgIpc) is 2.47. The van der Waals surface area contributed by atoms with Gasteiger partial charge < -0.3 is 15.3 Å². The number of carbonyl (C=O) groups excluding carboxylic acids is 1. The van der Waals surface area contributed by atoms with Crippen LogP contribution >= 0.6 is 0 Å². The molecule has 4 nitrogen and oxygen atoms in total. The van der Waals surface area contributed by atoms with Gasteiger partial charge in [0.05, 0.1) is 0 Å². The summed E-state index contributed by atoms with van der Waals surface area (Å²) in [6.07, 6.45) is -0.298. The number of halogens is 3. The third-order valence-corrected chi connectivity index (χ3v) is 5.09. The van der Waals surface area contributed by atoms with Gasteiger partial charge in [-0.3, -0.25) is 0 Å². The number of hydrogen-bond donors (Lipinski definition) is 2. The molecule has 2 N–H and O–H groups in total. The van der Waals surface area contributed by atoms with Crippen LogP contribution in [0, 0.1) is 5.92 Å². The highest BCUT2D eigenvalue weighted by atomic mass is 19.4. The number of alkyl halides is 3. The lowest BCUT2D eigenvalue weighted by Gasteiger charge is -2.40. The van der Waals surface area contributed by atoms with Gasteiger partial charge in [0.2, 0.25) is 0 Å². The summed E-state index contributed by atoms with van der Waals surface area (Å²) in [5, 5.41) is 12.6. The Morgan fingerprint density at radius 2 is 1.95 bits per heavy atom. The van der Waals surface area contributed by atoms with Crippen molar-refractivity contribution in [3.8, 4) is 0 Å². The number of aliphatic hydroxyl groups is 1. The molecule has 128 valence electrons. The molecule has 2 fully saturated rings. The van der Waals surface area contributed by atoms with E-state index in [0.29, 0.717) is 5.92 Å². The summed E-state index contributed by atoms with van der Waals surface area (Å²) in [5.74, 6) is 0.621. The molecule has 0 spiro atoms. The first kappa shape index (κ1) is 17.4. The Bertz CT molecular complexity index is 393. The van der Waals surface area contributed by atoms with Crippen LogP contribution in [0.2, 0.25) is 0 Å². The number of piperidine rings is 1.